The quantitative estimate of drug-likeness (QED) is 0.731. The van der Waals surface area contributed by atoms with Crippen LogP contribution in [0.5, 0.6) is 0 Å². The van der Waals surface area contributed by atoms with Crippen LogP contribution in [0.4, 0.5) is 0 Å². The van der Waals surface area contributed by atoms with Crippen molar-refractivity contribution in [2.45, 2.75) is 33.2 Å². The van der Waals surface area contributed by atoms with E-state index in [0.29, 0.717) is 5.92 Å². The van der Waals surface area contributed by atoms with Crippen molar-refractivity contribution in [3.05, 3.63) is 22.8 Å². The van der Waals surface area contributed by atoms with Crippen molar-refractivity contribution < 1.29 is 4.74 Å². The Morgan fingerprint density at radius 2 is 1.80 bits per heavy atom. The van der Waals surface area contributed by atoms with Crippen molar-refractivity contribution in [2.24, 2.45) is 0 Å². The SMILES string of the molecule is COCCNCC(C)c1c(C)nc(CN(C)C)nc1C. The van der Waals surface area contributed by atoms with Crippen molar-refractivity contribution >= 4 is 0 Å². The average molecular weight is 280 g/mol. The van der Waals surface area contributed by atoms with Crippen LogP contribution in [0.1, 0.15) is 35.6 Å². The minimum Gasteiger partial charge on any atom is -0.383 e. The Kier molecular flexibility index (Phi) is 7.05. The second-order valence-electron chi connectivity index (χ2n) is 5.56. The van der Waals surface area contributed by atoms with Crippen LogP contribution in [0.15, 0.2) is 0 Å². The number of hydrogen-bond donors (Lipinski definition) is 1. The predicted molar refractivity (Wildman–Crippen MR) is 82.1 cm³/mol. The number of nitrogens with zero attached hydrogens (tertiary/aromatic N) is 3. The standard InChI is InChI=1S/C15H28N4O/c1-11(9-16-7-8-20-6)15-12(2)17-14(10-19(4)5)18-13(15)3/h11,16H,7-10H2,1-6H3. The van der Waals surface area contributed by atoms with Crippen LogP contribution in [0.25, 0.3) is 0 Å². The maximum absolute atomic E-state index is 5.04. The molecule has 0 fully saturated rings. The highest BCUT2D eigenvalue weighted by atomic mass is 16.5. The van der Waals surface area contributed by atoms with E-state index in [1.54, 1.807) is 7.11 Å². The summed E-state index contributed by atoms with van der Waals surface area (Å²) in [6.07, 6.45) is 0. The molecule has 1 rings (SSSR count). The van der Waals surface area contributed by atoms with E-state index in [-0.39, 0.29) is 0 Å². The molecule has 5 nitrogen and oxygen atoms in total. The van der Waals surface area contributed by atoms with E-state index in [2.05, 4.69) is 41.0 Å². The maximum atomic E-state index is 5.04. The third kappa shape index (κ3) is 5.15. The van der Waals surface area contributed by atoms with Gasteiger partial charge in [0.1, 0.15) is 5.82 Å². The molecule has 1 N–H and O–H groups in total. The van der Waals surface area contributed by atoms with E-state index in [4.69, 9.17) is 4.74 Å². The Bertz CT molecular complexity index is 397. The number of aromatic nitrogens is 2. The minimum absolute atomic E-state index is 0.403. The Balaban J connectivity index is 2.74. The molecule has 0 aliphatic heterocycles. The van der Waals surface area contributed by atoms with E-state index in [9.17, 15) is 0 Å². The fourth-order valence-corrected chi connectivity index (χ4v) is 2.46. The Morgan fingerprint density at radius 1 is 1.20 bits per heavy atom. The summed E-state index contributed by atoms with van der Waals surface area (Å²) in [5.41, 5.74) is 3.45. The Morgan fingerprint density at radius 3 is 2.30 bits per heavy atom. The molecule has 1 unspecified atom stereocenters. The number of rotatable bonds is 8. The summed E-state index contributed by atoms with van der Waals surface area (Å²) in [5.74, 6) is 1.30. The van der Waals surface area contributed by atoms with E-state index >= 15 is 0 Å². The molecule has 1 heterocycles. The number of nitrogens with one attached hydrogen (secondary N) is 1. The molecule has 0 saturated carbocycles. The lowest BCUT2D eigenvalue weighted by molar-refractivity contribution is 0.199. The van der Waals surface area contributed by atoms with E-state index in [0.717, 1.165) is 43.5 Å². The summed E-state index contributed by atoms with van der Waals surface area (Å²) in [6.45, 7) is 9.68. The molecule has 0 radical (unpaired) electrons. The molecule has 0 aliphatic rings. The van der Waals surface area contributed by atoms with Gasteiger partial charge in [0, 0.05) is 31.6 Å². The second kappa shape index (κ2) is 8.29. The zero-order chi connectivity index (χ0) is 15.1. The third-order valence-corrected chi connectivity index (χ3v) is 3.26. The van der Waals surface area contributed by atoms with Gasteiger partial charge in [-0.3, -0.25) is 0 Å². The first kappa shape index (κ1) is 17.0. The first-order chi connectivity index (χ1) is 9.45. The van der Waals surface area contributed by atoms with Crippen molar-refractivity contribution in [1.29, 1.82) is 0 Å². The summed E-state index contributed by atoms with van der Waals surface area (Å²) >= 11 is 0. The largest absolute Gasteiger partial charge is 0.383 e. The van der Waals surface area contributed by atoms with Crippen LogP contribution < -0.4 is 5.32 Å². The third-order valence-electron chi connectivity index (χ3n) is 3.26. The van der Waals surface area contributed by atoms with Crippen molar-refractivity contribution in [2.75, 3.05) is 40.9 Å². The molecule has 0 spiro atoms. The van der Waals surface area contributed by atoms with Gasteiger partial charge in [-0.2, -0.15) is 0 Å². The highest BCUT2D eigenvalue weighted by Gasteiger charge is 2.15. The van der Waals surface area contributed by atoms with Crippen LogP contribution in [-0.4, -0.2) is 55.8 Å². The fraction of sp³-hybridized carbons (Fsp3) is 0.733. The predicted octanol–water partition coefficient (Wildman–Crippen LogP) is 1.49. The number of hydrogen-bond acceptors (Lipinski definition) is 5. The monoisotopic (exact) mass is 280 g/mol. The van der Waals surface area contributed by atoms with Crippen molar-refractivity contribution in [1.82, 2.24) is 20.2 Å². The molecule has 5 heteroatoms. The zero-order valence-electron chi connectivity index (χ0n) is 13.7. The summed E-state index contributed by atoms with van der Waals surface area (Å²) in [5, 5.41) is 3.40. The van der Waals surface area contributed by atoms with Gasteiger partial charge in [-0.15, -0.1) is 0 Å². The Labute approximate surface area is 122 Å². The molecule has 1 aromatic heterocycles. The van der Waals surface area contributed by atoms with Crippen LogP contribution in [0, 0.1) is 13.8 Å². The van der Waals surface area contributed by atoms with Crippen LogP contribution in [0.3, 0.4) is 0 Å². The van der Waals surface area contributed by atoms with Gasteiger partial charge in [0.15, 0.2) is 0 Å². The fourth-order valence-electron chi connectivity index (χ4n) is 2.46. The average Bonchev–Trinajstić information content (AvgIpc) is 2.33. The highest BCUT2D eigenvalue weighted by molar-refractivity contribution is 5.28. The van der Waals surface area contributed by atoms with Gasteiger partial charge >= 0.3 is 0 Å². The second-order valence-corrected chi connectivity index (χ2v) is 5.56. The number of methoxy groups -OCH3 is 1. The van der Waals surface area contributed by atoms with E-state index in [1.807, 2.05) is 14.1 Å². The topological polar surface area (TPSA) is 50.3 Å². The van der Waals surface area contributed by atoms with Crippen LogP contribution >= 0.6 is 0 Å². The minimum atomic E-state index is 0.403. The van der Waals surface area contributed by atoms with Gasteiger partial charge in [0.2, 0.25) is 0 Å². The smallest absolute Gasteiger partial charge is 0.142 e. The lowest BCUT2D eigenvalue weighted by atomic mass is 9.98. The van der Waals surface area contributed by atoms with Gasteiger partial charge in [-0.25, -0.2) is 9.97 Å². The molecule has 0 aromatic carbocycles. The lowest BCUT2D eigenvalue weighted by Gasteiger charge is -2.18. The first-order valence-electron chi connectivity index (χ1n) is 7.14. The Hall–Kier alpha value is -1.04. The molecular formula is C15H28N4O. The molecule has 0 aliphatic carbocycles. The summed E-state index contributed by atoms with van der Waals surface area (Å²) < 4.78 is 5.04. The molecule has 114 valence electrons. The maximum Gasteiger partial charge on any atom is 0.142 e. The van der Waals surface area contributed by atoms with Gasteiger partial charge < -0.3 is 15.0 Å². The molecular weight excluding hydrogens is 252 g/mol. The van der Waals surface area contributed by atoms with Crippen molar-refractivity contribution in [3.63, 3.8) is 0 Å². The molecule has 0 amide bonds. The number of aryl methyl sites for hydroxylation is 2. The normalized spacial score (nSPS) is 12.9. The van der Waals surface area contributed by atoms with Crippen LogP contribution in [-0.2, 0) is 11.3 Å². The molecule has 20 heavy (non-hydrogen) atoms. The molecule has 0 saturated heterocycles. The van der Waals surface area contributed by atoms with Crippen LogP contribution in [0.2, 0.25) is 0 Å². The van der Waals surface area contributed by atoms with Gasteiger partial charge in [0.05, 0.1) is 13.2 Å². The zero-order valence-corrected chi connectivity index (χ0v) is 13.7. The first-order valence-corrected chi connectivity index (χ1v) is 7.14. The van der Waals surface area contributed by atoms with E-state index < -0.39 is 0 Å². The van der Waals surface area contributed by atoms with E-state index in [1.165, 1.54) is 5.56 Å². The molecule has 1 atom stereocenters. The molecule has 1 aromatic rings. The van der Waals surface area contributed by atoms with Gasteiger partial charge in [-0.05, 0) is 39.4 Å². The summed E-state index contributed by atoms with van der Waals surface area (Å²) in [4.78, 5) is 11.4. The number of ether oxygens (including phenoxy) is 1. The van der Waals surface area contributed by atoms with Gasteiger partial charge in [0.25, 0.3) is 0 Å². The summed E-state index contributed by atoms with van der Waals surface area (Å²) in [6, 6.07) is 0. The van der Waals surface area contributed by atoms with Gasteiger partial charge in [-0.1, -0.05) is 6.92 Å². The highest BCUT2D eigenvalue weighted by Crippen LogP contribution is 2.21. The molecule has 0 bridgehead atoms. The van der Waals surface area contributed by atoms with Crippen molar-refractivity contribution in [3.8, 4) is 0 Å². The summed E-state index contributed by atoms with van der Waals surface area (Å²) in [7, 11) is 5.78. The lowest BCUT2D eigenvalue weighted by Crippen LogP contribution is -2.25.